The van der Waals surface area contributed by atoms with Crippen LogP contribution in [0.5, 0.6) is 0 Å². The summed E-state index contributed by atoms with van der Waals surface area (Å²) in [6, 6.07) is 17.8. The predicted octanol–water partition coefficient (Wildman–Crippen LogP) is 4.45. The highest BCUT2D eigenvalue weighted by Crippen LogP contribution is 2.42. The number of aromatic nitrogens is 1. The van der Waals surface area contributed by atoms with Crippen LogP contribution in [0.3, 0.4) is 0 Å². The molecule has 3 aromatic rings. The van der Waals surface area contributed by atoms with E-state index in [2.05, 4.69) is 11.1 Å². The lowest BCUT2D eigenvalue weighted by Gasteiger charge is -2.24. The lowest BCUT2D eigenvalue weighted by molar-refractivity contribution is -0.192. The molecule has 2 amide bonds. The number of amides is 2. The van der Waals surface area contributed by atoms with Gasteiger partial charge in [0.2, 0.25) is 5.91 Å². The van der Waals surface area contributed by atoms with Gasteiger partial charge in [0.05, 0.1) is 11.1 Å². The van der Waals surface area contributed by atoms with Crippen molar-refractivity contribution in [3.05, 3.63) is 71.9 Å². The van der Waals surface area contributed by atoms with Gasteiger partial charge in [-0.2, -0.15) is 13.2 Å². The molecule has 5 rings (SSSR count). The third kappa shape index (κ3) is 5.32. The summed E-state index contributed by atoms with van der Waals surface area (Å²) in [5.74, 6) is -2.61. The number of anilines is 1. The van der Waals surface area contributed by atoms with Gasteiger partial charge in [0.25, 0.3) is 5.91 Å². The Morgan fingerprint density at radius 2 is 1.78 bits per heavy atom. The third-order valence-corrected chi connectivity index (χ3v) is 6.44. The number of hydrogen-bond acceptors (Lipinski definition) is 4. The molecule has 1 unspecified atom stereocenters. The van der Waals surface area contributed by atoms with E-state index in [-0.39, 0.29) is 17.2 Å². The molecule has 36 heavy (non-hydrogen) atoms. The summed E-state index contributed by atoms with van der Waals surface area (Å²) in [5.41, 5.74) is 3.44. The standard InChI is InChI=1S/C24H23N3O2.C2HF3O2/c1-17-5-4-7-20(11-17)27-16-24(13-22(27)28)9-10-26(15-24)23(29)19-12-18-6-2-3-8-21(18)25-14-19;3-2(4,5)1(6)7/h2-8,11-12,14H,9-10,13,15-16H2,1H3;(H,6,7). The van der Waals surface area contributed by atoms with Crippen LogP contribution in [0.25, 0.3) is 10.9 Å². The minimum atomic E-state index is -5.08. The minimum absolute atomic E-state index is 0.00147. The summed E-state index contributed by atoms with van der Waals surface area (Å²) in [7, 11) is 0. The number of carbonyl (C=O) groups excluding carboxylic acids is 2. The van der Waals surface area contributed by atoms with Crippen LogP contribution in [0.15, 0.2) is 60.8 Å². The molecular weight excluding hydrogens is 475 g/mol. The van der Waals surface area contributed by atoms with Gasteiger partial charge in [-0.15, -0.1) is 0 Å². The van der Waals surface area contributed by atoms with Gasteiger partial charge in [0.1, 0.15) is 0 Å². The quantitative estimate of drug-likeness (QED) is 0.563. The molecular formula is C26H24F3N3O4. The van der Waals surface area contributed by atoms with Crippen LogP contribution >= 0.6 is 0 Å². The number of carboxylic acid groups (broad SMARTS) is 1. The first kappa shape index (κ1) is 25.2. The molecule has 0 radical (unpaired) electrons. The van der Waals surface area contributed by atoms with Crippen LogP contribution < -0.4 is 4.90 Å². The van der Waals surface area contributed by atoms with Crippen molar-refractivity contribution in [2.45, 2.75) is 25.9 Å². The Kier molecular flexibility index (Phi) is 6.71. The number of benzene rings is 2. The second-order valence-electron chi connectivity index (χ2n) is 9.19. The molecule has 1 N–H and O–H groups in total. The molecule has 0 bridgehead atoms. The molecule has 2 fully saturated rings. The number of likely N-dealkylation sites (tertiary alicyclic amines) is 1. The van der Waals surface area contributed by atoms with Gasteiger partial charge in [-0.3, -0.25) is 14.6 Å². The highest BCUT2D eigenvalue weighted by Gasteiger charge is 2.49. The summed E-state index contributed by atoms with van der Waals surface area (Å²) < 4.78 is 31.7. The third-order valence-electron chi connectivity index (χ3n) is 6.44. The molecule has 7 nitrogen and oxygen atoms in total. The average Bonchev–Trinajstić information content (AvgIpc) is 3.40. The van der Waals surface area contributed by atoms with Crippen LogP contribution in [0.2, 0.25) is 0 Å². The number of halogens is 3. The second-order valence-corrected chi connectivity index (χ2v) is 9.19. The number of rotatable bonds is 2. The fraction of sp³-hybridized carbons (Fsp3) is 0.308. The van der Waals surface area contributed by atoms with Crippen molar-refractivity contribution in [2.24, 2.45) is 5.41 Å². The van der Waals surface area contributed by atoms with Gasteiger partial charge in [0.15, 0.2) is 0 Å². The molecule has 2 aromatic carbocycles. The van der Waals surface area contributed by atoms with Crippen molar-refractivity contribution in [1.29, 1.82) is 0 Å². The predicted molar refractivity (Wildman–Crippen MR) is 127 cm³/mol. The Balaban J connectivity index is 0.000000384. The van der Waals surface area contributed by atoms with Gasteiger partial charge in [0, 0.05) is 48.7 Å². The Bertz CT molecular complexity index is 1330. The first-order valence-corrected chi connectivity index (χ1v) is 11.3. The molecule has 3 heterocycles. The Hall–Kier alpha value is -3.95. The number of aryl methyl sites for hydroxylation is 1. The monoisotopic (exact) mass is 499 g/mol. The topological polar surface area (TPSA) is 90.8 Å². The molecule has 10 heteroatoms. The number of hydrogen-bond donors (Lipinski definition) is 1. The molecule has 1 atom stereocenters. The van der Waals surface area contributed by atoms with E-state index in [0.717, 1.165) is 28.6 Å². The summed E-state index contributed by atoms with van der Waals surface area (Å²) in [5, 5.41) is 8.09. The number of fused-ring (bicyclic) bond motifs is 1. The molecule has 2 saturated heterocycles. The van der Waals surface area contributed by atoms with Crippen molar-refractivity contribution in [1.82, 2.24) is 9.88 Å². The normalized spacial score (nSPS) is 19.5. The van der Waals surface area contributed by atoms with E-state index in [0.29, 0.717) is 31.6 Å². The van der Waals surface area contributed by atoms with Crippen molar-refractivity contribution in [3.63, 3.8) is 0 Å². The number of aliphatic carboxylic acids is 1. The van der Waals surface area contributed by atoms with Crippen LogP contribution in [0.4, 0.5) is 18.9 Å². The van der Waals surface area contributed by atoms with Crippen LogP contribution in [0, 0.1) is 12.3 Å². The van der Waals surface area contributed by atoms with Crippen LogP contribution in [-0.2, 0) is 9.59 Å². The molecule has 0 saturated carbocycles. The highest BCUT2D eigenvalue weighted by atomic mass is 19.4. The molecule has 2 aliphatic rings. The van der Waals surface area contributed by atoms with E-state index in [4.69, 9.17) is 9.90 Å². The summed E-state index contributed by atoms with van der Waals surface area (Å²) in [6.07, 6.45) is -2.07. The van der Waals surface area contributed by atoms with Crippen molar-refractivity contribution >= 4 is 34.4 Å². The number of para-hydroxylation sites is 1. The van der Waals surface area contributed by atoms with Crippen LogP contribution in [-0.4, -0.2) is 58.6 Å². The fourth-order valence-electron chi connectivity index (χ4n) is 4.68. The van der Waals surface area contributed by atoms with E-state index in [9.17, 15) is 22.8 Å². The lowest BCUT2D eigenvalue weighted by Crippen LogP contribution is -2.34. The van der Waals surface area contributed by atoms with Gasteiger partial charge in [-0.25, -0.2) is 4.79 Å². The zero-order valence-corrected chi connectivity index (χ0v) is 19.5. The highest BCUT2D eigenvalue weighted by molar-refractivity contribution is 5.99. The maximum atomic E-state index is 13.1. The summed E-state index contributed by atoms with van der Waals surface area (Å²) in [6.45, 7) is 4.01. The van der Waals surface area contributed by atoms with E-state index >= 15 is 0 Å². The summed E-state index contributed by atoms with van der Waals surface area (Å²) in [4.78, 5) is 42.9. The first-order chi connectivity index (χ1) is 17.0. The average molecular weight is 499 g/mol. The number of carboxylic acids is 1. The molecule has 0 aliphatic carbocycles. The second kappa shape index (κ2) is 9.60. The van der Waals surface area contributed by atoms with E-state index in [1.54, 1.807) is 6.20 Å². The number of alkyl halides is 3. The summed E-state index contributed by atoms with van der Waals surface area (Å²) >= 11 is 0. The number of nitrogens with zero attached hydrogens (tertiary/aromatic N) is 3. The molecule has 188 valence electrons. The van der Waals surface area contributed by atoms with Crippen molar-refractivity contribution in [3.8, 4) is 0 Å². The number of pyridine rings is 1. The Labute approximate surface area is 205 Å². The SMILES string of the molecule is Cc1cccc(N2CC3(CCN(C(=O)c4cnc5ccccc5c4)C3)CC2=O)c1.O=C(O)C(F)(F)F. The molecule has 1 aromatic heterocycles. The smallest absolute Gasteiger partial charge is 0.475 e. The molecule has 1 spiro atoms. The van der Waals surface area contributed by atoms with Gasteiger partial charge < -0.3 is 14.9 Å². The van der Waals surface area contributed by atoms with Gasteiger partial charge in [-0.1, -0.05) is 30.3 Å². The molecule has 2 aliphatic heterocycles. The van der Waals surface area contributed by atoms with E-state index < -0.39 is 12.1 Å². The lowest BCUT2D eigenvalue weighted by atomic mass is 9.86. The Morgan fingerprint density at radius 1 is 1.06 bits per heavy atom. The maximum absolute atomic E-state index is 13.1. The Morgan fingerprint density at radius 3 is 2.47 bits per heavy atom. The van der Waals surface area contributed by atoms with Gasteiger partial charge in [-0.05, 0) is 43.2 Å². The first-order valence-electron chi connectivity index (χ1n) is 11.3. The van der Waals surface area contributed by atoms with Crippen molar-refractivity contribution < 1.29 is 32.7 Å². The zero-order chi connectivity index (χ0) is 26.1. The van der Waals surface area contributed by atoms with Crippen LogP contribution in [0.1, 0.15) is 28.8 Å². The largest absolute Gasteiger partial charge is 0.490 e. The maximum Gasteiger partial charge on any atom is 0.490 e. The number of carbonyl (C=O) groups is 3. The zero-order valence-electron chi connectivity index (χ0n) is 19.5. The minimum Gasteiger partial charge on any atom is -0.475 e. The fourth-order valence-corrected chi connectivity index (χ4v) is 4.68. The van der Waals surface area contributed by atoms with Gasteiger partial charge >= 0.3 is 12.1 Å². The van der Waals surface area contributed by atoms with E-state index in [1.807, 2.05) is 65.3 Å². The van der Waals surface area contributed by atoms with Crippen molar-refractivity contribution in [2.75, 3.05) is 24.5 Å². The van der Waals surface area contributed by atoms with E-state index in [1.165, 1.54) is 0 Å².